The molecule has 1 aromatic carbocycles. The van der Waals surface area contributed by atoms with Gasteiger partial charge in [0.25, 0.3) is 0 Å². The van der Waals surface area contributed by atoms with Crippen molar-refractivity contribution < 1.29 is 9.30 Å². The first kappa shape index (κ1) is 10.3. The molecule has 0 radical (unpaired) electrons. The molecule has 0 saturated carbocycles. The first-order chi connectivity index (χ1) is 7.79. The zero-order valence-corrected chi connectivity index (χ0v) is 11.3. The quantitative estimate of drug-likeness (QED) is 0.446. The lowest BCUT2D eigenvalue weighted by Crippen LogP contribution is -2.34. The molecule has 3 heteroatoms. The van der Waals surface area contributed by atoms with Gasteiger partial charge in [-0.15, -0.1) is 0 Å². The number of nitrogens with zero attached hydrogens (tertiary/aromatic N) is 1. The summed E-state index contributed by atoms with van der Waals surface area (Å²) < 4.78 is 9.22. The molecule has 1 unspecified atom stereocenters. The largest absolute Gasteiger partial charge is 0.433 e. The average Bonchev–Trinajstić information content (AvgIpc) is 2.72. The van der Waals surface area contributed by atoms with Crippen molar-refractivity contribution in [3.8, 4) is 5.88 Å². The van der Waals surface area contributed by atoms with Crippen LogP contribution in [0.15, 0.2) is 30.3 Å². The van der Waals surface area contributed by atoms with E-state index in [0.717, 1.165) is 16.9 Å². The van der Waals surface area contributed by atoms with Gasteiger partial charge in [0.15, 0.2) is 12.6 Å². The number of aryl methyl sites for hydroxylation is 1. The van der Waals surface area contributed by atoms with Crippen LogP contribution in [0.5, 0.6) is 5.88 Å². The minimum Gasteiger partial charge on any atom is -0.433 e. The highest BCUT2D eigenvalue weighted by Gasteiger charge is 2.31. The number of aromatic nitrogens is 1. The zero-order chi connectivity index (χ0) is 11.1. The molecule has 0 saturated heterocycles. The van der Waals surface area contributed by atoms with E-state index in [9.17, 15) is 0 Å². The minimum absolute atomic E-state index is 0.325. The first-order valence-corrected chi connectivity index (χ1v) is 6.97. The van der Waals surface area contributed by atoms with E-state index in [1.807, 2.05) is 0 Å². The number of para-hydroxylation sites is 1. The van der Waals surface area contributed by atoms with Gasteiger partial charge in [-0.1, -0.05) is 34.7 Å². The number of rotatable bonds is 1. The fourth-order valence-electron chi connectivity index (χ4n) is 2.28. The predicted molar refractivity (Wildman–Crippen MR) is 72.2 cm³/mol. The zero-order valence-electron chi connectivity index (χ0n) is 9.11. The van der Waals surface area contributed by atoms with E-state index >= 15 is 0 Å². The van der Waals surface area contributed by atoms with Crippen LogP contribution in [0.2, 0.25) is 0 Å². The molecule has 1 aliphatic rings. The van der Waals surface area contributed by atoms with Crippen molar-refractivity contribution in [2.75, 3.05) is 4.43 Å². The molecule has 16 heavy (non-hydrogen) atoms. The fraction of sp³-hybridized carbons (Fsp3) is 0.308. The van der Waals surface area contributed by atoms with Crippen molar-refractivity contribution in [2.24, 2.45) is 0 Å². The van der Waals surface area contributed by atoms with Gasteiger partial charge in [-0.25, -0.2) is 0 Å². The molecule has 2 heterocycles. The third kappa shape index (κ3) is 1.49. The van der Waals surface area contributed by atoms with Crippen LogP contribution in [0.4, 0.5) is 0 Å². The molecule has 1 aliphatic heterocycles. The summed E-state index contributed by atoms with van der Waals surface area (Å²) in [6.45, 7) is 3.11. The molecule has 1 aromatic heterocycles. The van der Waals surface area contributed by atoms with E-state index in [-0.39, 0.29) is 0 Å². The van der Waals surface area contributed by atoms with E-state index in [1.54, 1.807) is 0 Å². The van der Waals surface area contributed by atoms with Gasteiger partial charge in [0.05, 0.1) is 6.07 Å². The van der Waals surface area contributed by atoms with Gasteiger partial charge in [-0.2, -0.15) is 4.57 Å². The first-order valence-electron chi connectivity index (χ1n) is 5.44. The summed E-state index contributed by atoms with van der Waals surface area (Å²) in [5.41, 5.74) is 2.57. The van der Waals surface area contributed by atoms with E-state index in [1.165, 1.54) is 16.5 Å². The van der Waals surface area contributed by atoms with Crippen LogP contribution in [0.1, 0.15) is 5.56 Å². The van der Waals surface area contributed by atoms with Crippen molar-refractivity contribution in [2.45, 2.75) is 19.6 Å². The Labute approximate surface area is 108 Å². The van der Waals surface area contributed by atoms with Crippen LogP contribution in [0.3, 0.4) is 0 Å². The summed E-state index contributed by atoms with van der Waals surface area (Å²) in [6, 6.07) is 10.7. The van der Waals surface area contributed by atoms with E-state index in [4.69, 9.17) is 4.74 Å². The monoisotopic (exact) mass is 326 g/mol. The normalized spacial score (nSPS) is 18.5. The van der Waals surface area contributed by atoms with Crippen molar-refractivity contribution in [1.29, 1.82) is 0 Å². The topological polar surface area (TPSA) is 13.1 Å². The lowest BCUT2D eigenvalue weighted by atomic mass is 10.1. The smallest absolute Gasteiger partial charge is 0.369 e. The van der Waals surface area contributed by atoms with Crippen LogP contribution in [0, 0.1) is 6.92 Å². The fourth-order valence-corrected chi connectivity index (χ4v) is 2.74. The van der Waals surface area contributed by atoms with E-state index in [0.29, 0.717) is 6.10 Å². The Morgan fingerprint density at radius 2 is 2.25 bits per heavy atom. The lowest BCUT2D eigenvalue weighted by Gasteiger charge is -2.00. The van der Waals surface area contributed by atoms with Crippen molar-refractivity contribution in [3.05, 3.63) is 35.9 Å². The maximum atomic E-state index is 5.90. The van der Waals surface area contributed by atoms with Gasteiger partial charge in [0.1, 0.15) is 0 Å². The second-order valence-electron chi connectivity index (χ2n) is 4.19. The predicted octanol–water partition coefficient (Wildman–Crippen LogP) is 2.63. The number of alkyl halides is 1. The van der Waals surface area contributed by atoms with Crippen LogP contribution in [-0.2, 0) is 6.54 Å². The molecule has 82 valence electrons. The number of hydrogen-bond acceptors (Lipinski definition) is 1. The standard InChI is InChI=1S/C13H13INO/c1-9-6-13-15(8-10(7-14)16-13)12-5-3-2-4-11(9)12/h2-6,10H,7-8H2,1H3/q+1. The highest BCUT2D eigenvalue weighted by molar-refractivity contribution is 14.1. The Kier molecular flexibility index (Phi) is 2.50. The molecule has 0 fully saturated rings. The van der Waals surface area contributed by atoms with Crippen molar-refractivity contribution in [3.63, 3.8) is 0 Å². The molecule has 2 nitrogen and oxygen atoms in total. The van der Waals surface area contributed by atoms with Crippen LogP contribution < -0.4 is 9.30 Å². The Hall–Kier alpha value is -0.840. The molecular weight excluding hydrogens is 313 g/mol. The highest BCUT2D eigenvalue weighted by Crippen LogP contribution is 2.24. The van der Waals surface area contributed by atoms with Gasteiger partial charge in [0, 0.05) is 15.9 Å². The summed E-state index contributed by atoms with van der Waals surface area (Å²) in [4.78, 5) is 0. The number of hydrogen-bond donors (Lipinski definition) is 0. The molecule has 0 bridgehead atoms. The SMILES string of the molecule is Cc1cc2[n+](c3ccccc13)CC(CI)O2. The maximum Gasteiger partial charge on any atom is 0.369 e. The van der Waals surface area contributed by atoms with Gasteiger partial charge in [-0.3, -0.25) is 0 Å². The second-order valence-corrected chi connectivity index (χ2v) is 5.07. The van der Waals surface area contributed by atoms with Gasteiger partial charge in [0.2, 0.25) is 5.52 Å². The third-order valence-electron chi connectivity index (χ3n) is 3.07. The second kappa shape index (κ2) is 3.87. The summed E-state index contributed by atoms with van der Waals surface area (Å²) in [5, 5.41) is 1.32. The van der Waals surface area contributed by atoms with Crippen LogP contribution in [0.25, 0.3) is 10.9 Å². The molecule has 0 spiro atoms. The Morgan fingerprint density at radius 1 is 1.44 bits per heavy atom. The molecule has 1 atom stereocenters. The van der Waals surface area contributed by atoms with Gasteiger partial charge < -0.3 is 4.74 Å². The summed E-state index contributed by atoms with van der Waals surface area (Å²) in [5.74, 6) is 1.01. The molecule has 0 amide bonds. The number of benzene rings is 1. The van der Waals surface area contributed by atoms with Crippen LogP contribution >= 0.6 is 22.6 Å². The molecule has 0 N–H and O–H groups in total. The summed E-state index contributed by atoms with van der Waals surface area (Å²) in [6.07, 6.45) is 0.325. The summed E-state index contributed by atoms with van der Waals surface area (Å²) >= 11 is 2.38. The number of ether oxygens (including phenoxy) is 1. The van der Waals surface area contributed by atoms with E-state index in [2.05, 4.69) is 64.4 Å². The lowest BCUT2D eigenvalue weighted by molar-refractivity contribution is -0.655. The molecule has 2 aromatic rings. The molecule has 0 aliphatic carbocycles. The van der Waals surface area contributed by atoms with E-state index < -0.39 is 0 Å². The van der Waals surface area contributed by atoms with Crippen molar-refractivity contribution >= 4 is 33.5 Å². The van der Waals surface area contributed by atoms with Gasteiger partial charge >= 0.3 is 5.88 Å². The number of pyridine rings is 1. The average molecular weight is 326 g/mol. The van der Waals surface area contributed by atoms with Crippen molar-refractivity contribution in [1.82, 2.24) is 0 Å². The number of halogens is 1. The highest BCUT2D eigenvalue weighted by atomic mass is 127. The van der Waals surface area contributed by atoms with Crippen LogP contribution in [-0.4, -0.2) is 10.5 Å². The molecule has 3 rings (SSSR count). The maximum absolute atomic E-state index is 5.90. The molecular formula is C13H13INO+. The third-order valence-corrected chi connectivity index (χ3v) is 4.05. The Morgan fingerprint density at radius 3 is 3.06 bits per heavy atom. The summed E-state index contributed by atoms with van der Waals surface area (Å²) in [7, 11) is 0. The Bertz CT molecular complexity index is 553. The minimum atomic E-state index is 0.325. The Balaban J connectivity index is 2.26. The number of fused-ring (bicyclic) bond motifs is 3. The van der Waals surface area contributed by atoms with Gasteiger partial charge in [-0.05, 0) is 18.6 Å².